The lowest BCUT2D eigenvalue weighted by Gasteiger charge is -2.58. The lowest BCUT2D eigenvalue weighted by atomic mass is 9.70. The first-order valence-corrected chi connectivity index (χ1v) is 11.4. The Hall–Kier alpha value is 0.860. The van der Waals surface area contributed by atoms with Crippen LogP contribution in [-0.2, 0) is 0 Å². The van der Waals surface area contributed by atoms with E-state index in [4.69, 9.17) is 0 Å². The first kappa shape index (κ1) is 14.5. The largest absolute Gasteiger partial charge is 0.112 e. The van der Waals surface area contributed by atoms with Crippen LogP contribution in [0.25, 0.3) is 0 Å². The van der Waals surface area contributed by atoms with Crippen LogP contribution in [0.1, 0.15) is 84.0 Å². The molecule has 4 saturated heterocycles. The summed E-state index contributed by atoms with van der Waals surface area (Å²) in [5.41, 5.74) is 2.28. The van der Waals surface area contributed by atoms with Crippen LogP contribution in [0.15, 0.2) is 0 Å². The third kappa shape index (κ3) is 2.33. The van der Waals surface area contributed by atoms with Gasteiger partial charge in [-0.05, 0) is 78.9 Å². The predicted octanol–water partition coefficient (Wildman–Crippen LogP) is 5.93. The van der Waals surface area contributed by atoms with Gasteiger partial charge in [0.05, 0.1) is 0 Å². The summed E-state index contributed by atoms with van der Waals surface area (Å²) in [6.07, 6.45) is 18.9. The third-order valence-electron chi connectivity index (χ3n) is 7.34. The Balaban J connectivity index is 1.60. The highest BCUT2D eigenvalue weighted by molar-refractivity contribution is 7.42. The maximum absolute atomic E-state index is 2.72. The molecule has 0 aromatic rings. The second kappa shape index (κ2) is 5.49. The Labute approximate surface area is 129 Å². The predicted molar refractivity (Wildman–Crippen MR) is 94.2 cm³/mol. The van der Waals surface area contributed by atoms with Crippen molar-refractivity contribution in [3.63, 3.8) is 0 Å². The summed E-state index contributed by atoms with van der Waals surface area (Å²) in [7, 11) is 2.67. The van der Waals surface area contributed by atoms with Gasteiger partial charge in [0, 0.05) is 0 Å². The van der Waals surface area contributed by atoms with E-state index in [-0.39, 0.29) is 0 Å². The molecule has 0 aromatic carbocycles. The Kier molecular flexibility index (Phi) is 3.97. The molecule has 2 atom stereocenters. The lowest BCUT2D eigenvalue weighted by molar-refractivity contribution is 0.203. The molecule has 4 aliphatic heterocycles. The Morgan fingerprint density at radius 2 is 1.05 bits per heavy atom. The molecule has 0 amide bonds. The normalized spacial score (nSPS) is 52.0. The maximum Gasteiger partial charge on any atom is -0.00852 e. The zero-order valence-corrected chi connectivity index (χ0v) is 15.2. The van der Waals surface area contributed by atoms with E-state index in [1.807, 2.05) is 0 Å². The molecule has 0 N–H and O–H groups in total. The highest BCUT2D eigenvalue weighted by atomic mass is 31.1. The summed E-state index contributed by atoms with van der Waals surface area (Å²) in [4.78, 5) is 0. The van der Waals surface area contributed by atoms with Gasteiger partial charge in [-0.2, -0.15) is 0 Å². The molecule has 114 valence electrons. The minimum atomic E-state index is 0.813. The van der Waals surface area contributed by atoms with E-state index < -0.39 is 0 Å². The molecule has 4 aliphatic rings. The van der Waals surface area contributed by atoms with E-state index in [0.29, 0.717) is 0 Å². The summed E-state index contributed by atoms with van der Waals surface area (Å²) in [6, 6.07) is 0. The fourth-order valence-electron chi connectivity index (χ4n) is 6.23. The van der Waals surface area contributed by atoms with Gasteiger partial charge in [-0.15, -0.1) is 17.2 Å². The van der Waals surface area contributed by atoms with Crippen molar-refractivity contribution < 1.29 is 0 Å². The number of fused-ring (bicyclic) bond motifs is 4. The summed E-state index contributed by atoms with van der Waals surface area (Å²) >= 11 is 0. The Morgan fingerprint density at radius 1 is 0.700 bits per heavy atom. The molecule has 4 rings (SSSR count). The molecule has 4 heterocycles. The van der Waals surface area contributed by atoms with Gasteiger partial charge in [0.15, 0.2) is 0 Å². The molecule has 4 bridgehead atoms. The Morgan fingerprint density at radius 3 is 1.40 bits per heavy atom. The zero-order chi connectivity index (χ0) is 13.6. The van der Waals surface area contributed by atoms with E-state index in [9.17, 15) is 0 Å². The molecule has 4 fully saturated rings. The van der Waals surface area contributed by atoms with Crippen molar-refractivity contribution in [3.05, 3.63) is 0 Å². The first-order chi connectivity index (χ1) is 9.73. The number of hydrogen-bond donors (Lipinski definition) is 0. The van der Waals surface area contributed by atoms with Crippen LogP contribution in [0.5, 0.6) is 0 Å². The smallest absolute Gasteiger partial charge is 0.00852 e. The van der Waals surface area contributed by atoms with Crippen LogP contribution in [0, 0.1) is 5.92 Å². The Bertz CT molecular complexity index is 310. The van der Waals surface area contributed by atoms with Crippen LogP contribution >= 0.6 is 17.2 Å². The summed E-state index contributed by atoms with van der Waals surface area (Å²) in [5, 5.41) is 1.63. The van der Waals surface area contributed by atoms with Crippen LogP contribution in [0.2, 0.25) is 0 Å². The monoisotopic (exact) mass is 310 g/mol. The van der Waals surface area contributed by atoms with Gasteiger partial charge in [0.25, 0.3) is 0 Å². The second-order valence-corrected chi connectivity index (χ2v) is 12.5. The first-order valence-electron chi connectivity index (χ1n) is 9.28. The summed E-state index contributed by atoms with van der Waals surface area (Å²) in [6.45, 7) is 2.72. The van der Waals surface area contributed by atoms with Gasteiger partial charge in [0.2, 0.25) is 0 Å². The maximum atomic E-state index is 2.72. The summed E-state index contributed by atoms with van der Waals surface area (Å²) < 4.78 is 0. The number of rotatable bonds is 2. The number of hydrogen-bond acceptors (Lipinski definition) is 0. The second-order valence-electron chi connectivity index (χ2n) is 8.29. The van der Waals surface area contributed by atoms with Gasteiger partial charge < -0.3 is 0 Å². The molecule has 0 aliphatic carbocycles. The minimum Gasteiger partial charge on any atom is -0.112 e. The molecule has 0 saturated carbocycles. The molecule has 0 spiro atoms. The van der Waals surface area contributed by atoms with E-state index in [1.54, 1.807) is 77.0 Å². The van der Waals surface area contributed by atoms with Crippen molar-refractivity contribution in [2.45, 2.75) is 106 Å². The topological polar surface area (TPSA) is 0 Å². The van der Waals surface area contributed by atoms with Crippen molar-refractivity contribution in [2.24, 2.45) is 5.92 Å². The fourth-order valence-corrected chi connectivity index (χ4v) is 11.7. The molecule has 2 unspecified atom stereocenters. The molecule has 0 radical (unpaired) electrons. The van der Waals surface area contributed by atoms with Crippen LogP contribution in [0.3, 0.4) is 0 Å². The van der Waals surface area contributed by atoms with E-state index >= 15 is 0 Å². The van der Waals surface area contributed by atoms with Crippen LogP contribution in [0.4, 0.5) is 0 Å². The van der Waals surface area contributed by atoms with Crippen LogP contribution in [-0.4, -0.2) is 21.6 Å². The average molecular weight is 310 g/mol. The van der Waals surface area contributed by atoms with Gasteiger partial charge >= 0.3 is 0 Å². The van der Waals surface area contributed by atoms with Gasteiger partial charge in [0.1, 0.15) is 0 Å². The van der Waals surface area contributed by atoms with Crippen molar-refractivity contribution in [2.75, 3.05) is 0 Å². The third-order valence-corrected chi connectivity index (χ3v) is 12.3. The van der Waals surface area contributed by atoms with Crippen molar-refractivity contribution in [1.82, 2.24) is 0 Å². The highest BCUT2D eigenvalue weighted by Crippen LogP contribution is 2.66. The van der Waals surface area contributed by atoms with Crippen molar-refractivity contribution in [3.8, 4) is 0 Å². The zero-order valence-electron chi connectivity index (χ0n) is 13.2. The van der Waals surface area contributed by atoms with Crippen molar-refractivity contribution in [1.29, 1.82) is 0 Å². The van der Waals surface area contributed by atoms with E-state index in [2.05, 4.69) is 6.92 Å². The van der Waals surface area contributed by atoms with Crippen molar-refractivity contribution >= 4 is 17.2 Å². The SMILES string of the molecule is CC(C12CCCC(CCC1)P2)C12CCCC(CCC1)P2. The van der Waals surface area contributed by atoms with Gasteiger partial charge in [-0.1, -0.05) is 32.6 Å². The fraction of sp³-hybridized carbons (Fsp3) is 1.00. The average Bonchev–Trinajstić information content (AvgIpc) is 2.47. The molecule has 0 nitrogen and oxygen atoms in total. The quantitative estimate of drug-likeness (QED) is 0.554. The molecular weight excluding hydrogens is 278 g/mol. The summed E-state index contributed by atoms with van der Waals surface area (Å²) in [5.74, 6) is 1.05. The standard InChI is InChI=1S/C18H32P2/c1-14(17-10-2-6-15(19-17)7-3-11-17)18-12-4-8-16(20-18)9-5-13-18/h14-16,19-20H,2-13H2,1H3. The van der Waals surface area contributed by atoms with E-state index in [0.717, 1.165) is 27.5 Å². The molecule has 20 heavy (non-hydrogen) atoms. The molecule has 0 aromatic heterocycles. The molecular formula is C18H32P2. The van der Waals surface area contributed by atoms with E-state index in [1.165, 1.54) is 17.2 Å². The molecule has 2 heteroatoms. The van der Waals surface area contributed by atoms with Gasteiger partial charge in [-0.25, -0.2) is 0 Å². The highest BCUT2D eigenvalue weighted by Gasteiger charge is 2.53. The minimum absolute atomic E-state index is 0.813. The van der Waals surface area contributed by atoms with Crippen LogP contribution < -0.4 is 0 Å². The van der Waals surface area contributed by atoms with Gasteiger partial charge in [-0.3, -0.25) is 0 Å². The lowest BCUT2D eigenvalue weighted by Crippen LogP contribution is -2.51.